The van der Waals surface area contributed by atoms with Crippen molar-refractivity contribution in [3.63, 3.8) is 0 Å². The third-order valence-electron chi connectivity index (χ3n) is 5.93. The minimum atomic E-state index is 0.419. The zero-order chi connectivity index (χ0) is 19.8. The largest absolute Gasteiger partial charge is 0.382 e. The molecule has 29 heavy (non-hydrogen) atoms. The fourth-order valence-corrected chi connectivity index (χ4v) is 4.56. The first-order valence-corrected chi connectivity index (χ1v) is 10.1. The molecule has 1 aromatic heterocycles. The molecule has 1 N–H and O–H groups in total. The molecule has 0 saturated heterocycles. The van der Waals surface area contributed by atoms with Gasteiger partial charge in [-0.05, 0) is 71.8 Å². The van der Waals surface area contributed by atoms with E-state index in [9.17, 15) is 0 Å². The number of nitrogens with one attached hydrogen (secondary N) is 1. The first-order chi connectivity index (χ1) is 14.2. The van der Waals surface area contributed by atoms with Crippen LogP contribution in [0, 0.1) is 11.3 Å². The van der Waals surface area contributed by atoms with Crippen LogP contribution in [0.25, 0.3) is 10.9 Å². The van der Waals surface area contributed by atoms with E-state index >= 15 is 0 Å². The first-order valence-electron chi connectivity index (χ1n) is 10.1. The lowest BCUT2D eigenvalue weighted by Crippen LogP contribution is -2.25. The molecule has 3 nitrogen and oxygen atoms in total. The molecule has 2 atom stereocenters. The van der Waals surface area contributed by atoms with Crippen LogP contribution >= 0.6 is 0 Å². The highest BCUT2D eigenvalue weighted by atomic mass is 15.0. The van der Waals surface area contributed by atoms with Gasteiger partial charge in [-0.2, -0.15) is 5.26 Å². The highest BCUT2D eigenvalue weighted by Gasteiger charge is 2.25. The van der Waals surface area contributed by atoms with E-state index in [-0.39, 0.29) is 0 Å². The number of anilines is 1. The lowest BCUT2D eigenvalue weighted by molar-refractivity contribution is 0.615. The molecule has 2 heterocycles. The Morgan fingerprint density at radius 2 is 1.93 bits per heavy atom. The van der Waals surface area contributed by atoms with Gasteiger partial charge in [0.1, 0.15) is 0 Å². The van der Waals surface area contributed by atoms with Crippen LogP contribution in [-0.2, 0) is 6.54 Å². The zero-order valence-corrected chi connectivity index (χ0v) is 16.5. The smallest absolute Gasteiger partial charge is 0.0991 e. The van der Waals surface area contributed by atoms with Crippen LogP contribution in [0.1, 0.15) is 41.5 Å². The van der Waals surface area contributed by atoms with Gasteiger partial charge in [-0.25, -0.2) is 0 Å². The molecule has 0 radical (unpaired) electrons. The number of rotatable bonds is 3. The highest BCUT2D eigenvalue weighted by Crippen LogP contribution is 2.39. The summed E-state index contributed by atoms with van der Waals surface area (Å²) in [6, 6.07) is 28.3. The van der Waals surface area contributed by atoms with Crippen LogP contribution in [0.3, 0.4) is 0 Å². The predicted molar refractivity (Wildman–Crippen MR) is 118 cm³/mol. The summed E-state index contributed by atoms with van der Waals surface area (Å²) in [5.74, 6) is 0.419. The van der Waals surface area contributed by atoms with Gasteiger partial charge in [-0.15, -0.1) is 0 Å². The number of nitrogens with zero attached hydrogens (tertiary/aromatic N) is 2. The highest BCUT2D eigenvalue weighted by molar-refractivity contribution is 5.81. The molecule has 3 aromatic carbocycles. The maximum Gasteiger partial charge on any atom is 0.0991 e. The van der Waals surface area contributed by atoms with Gasteiger partial charge in [0.05, 0.1) is 11.6 Å². The zero-order valence-electron chi connectivity index (χ0n) is 16.5. The third-order valence-corrected chi connectivity index (χ3v) is 5.93. The molecule has 142 valence electrons. The van der Waals surface area contributed by atoms with E-state index < -0.39 is 0 Å². The molecule has 3 heteroatoms. The predicted octanol–water partition coefficient (Wildman–Crippen LogP) is 5.90. The van der Waals surface area contributed by atoms with Crippen molar-refractivity contribution in [2.75, 3.05) is 5.32 Å². The number of hydrogen-bond donors (Lipinski definition) is 1. The monoisotopic (exact) mass is 377 g/mol. The summed E-state index contributed by atoms with van der Waals surface area (Å²) < 4.78 is 2.26. The molecule has 2 unspecified atom stereocenters. The number of nitriles is 1. The van der Waals surface area contributed by atoms with Crippen LogP contribution in [0.15, 0.2) is 79.0 Å². The summed E-state index contributed by atoms with van der Waals surface area (Å²) in [5, 5.41) is 14.0. The van der Waals surface area contributed by atoms with Gasteiger partial charge in [-0.1, -0.05) is 36.4 Å². The molecule has 0 fully saturated rings. The van der Waals surface area contributed by atoms with E-state index in [4.69, 9.17) is 5.26 Å². The summed E-state index contributed by atoms with van der Waals surface area (Å²) >= 11 is 0. The molecule has 5 rings (SSSR count). The average molecular weight is 377 g/mol. The maximum absolute atomic E-state index is 9.14. The maximum atomic E-state index is 9.14. The number of aromatic nitrogens is 1. The summed E-state index contributed by atoms with van der Waals surface area (Å²) in [4.78, 5) is 0. The van der Waals surface area contributed by atoms with Crippen molar-refractivity contribution in [2.45, 2.75) is 31.8 Å². The fraction of sp³-hybridized carbons (Fsp3) is 0.192. The summed E-state index contributed by atoms with van der Waals surface area (Å²) in [5.41, 5.74) is 7.10. The quantitative estimate of drug-likeness (QED) is 0.483. The molecule has 0 saturated carbocycles. The number of para-hydroxylation sites is 1. The molecule has 0 bridgehead atoms. The summed E-state index contributed by atoms with van der Waals surface area (Å²) in [6.07, 6.45) is 3.25. The van der Waals surface area contributed by atoms with Crippen molar-refractivity contribution in [1.29, 1.82) is 5.26 Å². The summed E-state index contributed by atoms with van der Waals surface area (Å²) in [6.45, 7) is 3.03. The second-order valence-corrected chi connectivity index (χ2v) is 7.99. The van der Waals surface area contributed by atoms with Crippen molar-refractivity contribution in [3.05, 3.63) is 101 Å². The average Bonchev–Trinajstić information content (AvgIpc) is 3.15. The molecular formula is C26H23N3. The molecular weight excluding hydrogens is 354 g/mol. The lowest BCUT2D eigenvalue weighted by atomic mass is 9.82. The Morgan fingerprint density at radius 1 is 1.03 bits per heavy atom. The van der Waals surface area contributed by atoms with Crippen molar-refractivity contribution < 1.29 is 0 Å². The van der Waals surface area contributed by atoms with Gasteiger partial charge >= 0.3 is 0 Å². The Bertz CT molecular complexity index is 1230. The van der Waals surface area contributed by atoms with Gasteiger partial charge in [-0.3, -0.25) is 0 Å². The van der Waals surface area contributed by atoms with Gasteiger partial charge < -0.3 is 9.88 Å². The Morgan fingerprint density at radius 3 is 2.83 bits per heavy atom. The molecule has 0 amide bonds. The first kappa shape index (κ1) is 17.6. The van der Waals surface area contributed by atoms with Crippen LogP contribution < -0.4 is 5.32 Å². The normalized spacial score (nSPS) is 18.1. The standard InChI is InChI=1S/C26H23N3/c1-18-13-24(23-7-2-3-8-25(23)28-18)21-9-10-26-22(15-21)11-12-29(26)17-20-6-4-5-19(14-20)16-27/h2-12,14-15,18,24,28H,13,17H2,1H3. The molecule has 0 aliphatic carbocycles. The second-order valence-electron chi connectivity index (χ2n) is 7.99. The van der Waals surface area contributed by atoms with E-state index in [0.717, 1.165) is 18.5 Å². The Kier molecular flexibility index (Phi) is 4.33. The van der Waals surface area contributed by atoms with Crippen LogP contribution in [0.5, 0.6) is 0 Å². The number of fused-ring (bicyclic) bond motifs is 2. The van der Waals surface area contributed by atoms with E-state index in [0.29, 0.717) is 17.5 Å². The van der Waals surface area contributed by atoms with Crippen LogP contribution in [-0.4, -0.2) is 10.6 Å². The van der Waals surface area contributed by atoms with Crippen molar-refractivity contribution in [2.24, 2.45) is 0 Å². The Balaban J connectivity index is 1.49. The van der Waals surface area contributed by atoms with Gasteiger partial charge in [0.25, 0.3) is 0 Å². The minimum absolute atomic E-state index is 0.419. The fourth-order valence-electron chi connectivity index (χ4n) is 4.56. The van der Waals surface area contributed by atoms with E-state index in [1.807, 2.05) is 18.2 Å². The molecule has 1 aliphatic rings. The Labute approximate surface area is 171 Å². The van der Waals surface area contributed by atoms with E-state index in [1.165, 1.54) is 27.7 Å². The van der Waals surface area contributed by atoms with Gasteiger partial charge in [0, 0.05) is 35.9 Å². The SMILES string of the molecule is CC1CC(c2ccc3c(ccn3Cc3cccc(C#N)c3)c2)c2ccccc2N1. The van der Waals surface area contributed by atoms with E-state index in [1.54, 1.807) is 0 Å². The number of benzene rings is 3. The van der Waals surface area contributed by atoms with Crippen LogP contribution in [0.2, 0.25) is 0 Å². The van der Waals surface area contributed by atoms with Gasteiger partial charge in [0.15, 0.2) is 0 Å². The topological polar surface area (TPSA) is 40.8 Å². The lowest BCUT2D eigenvalue weighted by Gasteiger charge is -2.31. The molecule has 4 aromatic rings. The second kappa shape index (κ2) is 7.14. The number of hydrogen-bond acceptors (Lipinski definition) is 2. The summed E-state index contributed by atoms with van der Waals surface area (Å²) in [7, 11) is 0. The third kappa shape index (κ3) is 3.28. The molecule has 0 spiro atoms. The van der Waals surface area contributed by atoms with Crippen molar-refractivity contribution in [3.8, 4) is 6.07 Å². The van der Waals surface area contributed by atoms with Crippen LogP contribution in [0.4, 0.5) is 5.69 Å². The minimum Gasteiger partial charge on any atom is -0.382 e. The Hall–Kier alpha value is -3.51. The van der Waals surface area contributed by atoms with Crippen molar-refractivity contribution in [1.82, 2.24) is 4.57 Å². The molecule has 1 aliphatic heterocycles. The van der Waals surface area contributed by atoms with E-state index in [2.05, 4.69) is 83.7 Å². The van der Waals surface area contributed by atoms with Gasteiger partial charge in [0.2, 0.25) is 0 Å². The van der Waals surface area contributed by atoms with Crippen molar-refractivity contribution >= 4 is 16.6 Å².